The summed E-state index contributed by atoms with van der Waals surface area (Å²) in [6.45, 7) is 3.10. The van der Waals surface area contributed by atoms with Crippen molar-refractivity contribution in [2.24, 2.45) is 5.73 Å². The van der Waals surface area contributed by atoms with Gasteiger partial charge in [-0.3, -0.25) is 0 Å². The summed E-state index contributed by atoms with van der Waals surface area (Å²) >= 11 is 4.71. The highest BCUT2D eigenvalue weighted by molar-refractivity contribution is 7.80. The Morgan fingerprint density at radius 2 is 1.74 bits per heavy atom. The Labute approximate surface area is 116 Å². The molecule has 0 unspecified atom stereocenters. The average molecular weight is 286 g/mol. The molecule has 0 spiro atoms. The number of hydrogen-bond donors (Lipinski definition) is 2. The summed E-state index contributed by atoms with van der Waals surface area (Å²) < 4.78 is 27.7. The van der Waals surface area contributed by atoms with Crippen molar-refractivity contribution in [3.8, 4) is 0 Å². The standard InChI is InChI=1S/C12H16F2N4S/c1-17-2-4-18(5-3-17)16-11-9(13)6-8(12(15)19)7-10(11)14/h6-7,16H,2-5H2,1H3,(H2,15,19). The van der Waals surface area contributed by atoms with Gasteiger partial charge in [0.1, 0.15) is 10.7 Å². The molecular formula is C12H16F2N4S. The molecule has 104 valence electrons. The summed E-state index contributed by atoms with van der Waals surface area (Å²) in [7, 11) is 2.01. The number of rotatable bonds is 3. The number of nitrogens with two attached hydrogens (primary N) is 1. The monoisotopic (exact) mass is 286 g/mol. The lowest BCUT2D eigenvalue weighted by atomic mass is 10.2. The van der Waals surface area contributed by atoms with E-state index < -0.39 is 11.6 Å². The first-order valence-electron chi connectivity index (χ1n) is 5.96. The molecule has 0 aliphatic carbocycles. The maximum Gasteiger partial charge on any atom is 0.151 e. The highest BCUT2D eigenvalue weighted by atomic mass is 32.1. The van der Waals surface area contributed by atoms with Crippen molar-refractivity contribution in [2.45, 2.75) is 0 Å². The van der Waals surface area contributed by atoms with Crippen molar-refractivity contribution in [3.05, 3.63) is 29.3 Å². The van der Waals surface area contributed by atoms with Gasteiger partial charge in [-0.1, -0.05) is 12.2 Å². The Bertz CT molecular complexity index is 464. The van der Waals surface area contributed by atoms with Crippen LogP contribution in [-0.2, 0) is 0 Å². The highest BCUT2D eigenvalue weighted by Crippen LogP contribution is 2.21. The minimum Gasteiger partial charge on any atom is -0.389 e. The van der Waals surface area contributed by atoms with Crippen LogP contribution >= 0.6 is 12.2 Å². The van der Waals surface area contributed by atoms with Gasteiger partial charge in [0.05, 0.1) is 0 Å². The molecule has 3 N–H and O–H groups in total. The lowest BCUT2D eigenvalue weighted by Gasteiger charge is -2.33. The van der Waals surface area contributed by atoms with Gasteiger partial charge in [-0.15, -0.1) is 0 Å². The van der Waals surface area contributed by atoms with E-state index in [9.17, 15) is 8.78 Å². The number of piperazine rings is 1. The maximum atomic E-state index is 13.8. The number of halogens is 2. The fourth-order valence-corrected chi connectivity index (χ4v) is 2.02. The largest absolute Gasteiger partial charge is 0.389 e. The Hall–Kier alpha value is -1.31. The van der Waals surface area contributed by atoms with Crippen molar-refractivity contribution in [1.29, 1.82) is 0 Å². The molecule has 0 aromatic heterocycles. The van der Waals surface area contributed by atoms with E-state index in [0.29, 0.717) is 13.1 Å². The van der Waals surface area contributed by atoms with Crippen LogP contribution in [0.1, 0.15) is 5.56 Å². The van der Waals surface area contributed by atoms with Gasteiger partial charge < -0.3 is 16.1 Å². The minimum absolute atomic E-state index is 0.0241. The van der Waals surface area contributed by atoms with Gasteiger partial charge in [0, 0.05) is 31.7 Å². The molecule has 1 aliphatic rings. The molecule has 1 fully saturated rings. The molecule has 1 heterocycles. The summed E-state index contributed by atoms with van der Waals surface area (Å²) in [5.74, 6) is -1.39. The average Bonchev–Trinajstić information content (AvgIpc) is 2.35. The van der Waals surface area contributed by atoms with Crippen LogP contribution in [0.5, 0.6) is 0 Å². The van der Waals surface area contributed by atoms with Crippen molar-refractivity contribution < 1.29 is 8.78 Å². The molecule has 2 rings (SSSR count). The first kappa shape index (κ1) is 14.1. The van der Waals surface area contributed by atoms with Crippen LogP contribution in [0.3, 0.4) is 0 Å². The van der Waals surface area contributed by atoms with E-state index in [1.54, 1.807) is 5.01 Å². The van der Waals surface area contributed by atoms with Crippen LogP contribution in [0.4, 0.5) is 14.5 Å². The molecule has 0 bridgehead atoms. The number of likely N-dealkylation sites (N-methyl/N-ethyl adjacent to an activating group) is 1. The number of benzene rings is 1. The number of hydrazine groups is 1. The van der Waals surface area contributed by atoms with E-state index in [1.165, 1.54) is 0 Å². The highest BCUT2D eigenvalue weighted by Gasteiger charge is 2.18. The molecule has 1 saturated heterocycles. The van der Waals surface area contributed by atoms with E-state index in [2.05, 4.69) is 10.3 Å². The van der Waals surface area contributed by atoms with Crippen LogP contribution in [0.15, 0.2) is 12.1 Å². The second-order valence-corrected chi connectivity index (χ2v) is 5.02. The molecule has 0 amide bonds. The number of nitrogens with zero attached hydrogens (tertiary/aromatic N) is 2. The maximum absolute atomic E-state index is 13.8. The Kier molecular flexibility index (Phi) is 4.28. The zero-order chi connectivity index (χ0) is 14.0. The van der Waals surface area contributed by atoms with Gasteiger partial charge in [-0.2, -0.15) is 0 Å². The van der Waals surface area contributed by atoms with E-state index >= 15 is 0 Å². The quantitative estimate of drug-likeness (QED) is 0.817. The predicted octanol–water partition coefficient (Wildman–Crippen LogP) is 1.17. The van der Waals surface area contributed by atoms with Crippen LogP contribution in [0, 0.1) is 11.6 Å². The van der Waals surface area contributed by atoms with Gasteiger partial charge in [0.15, 0.2) is 11.6 Å². The fraction of sp³-hybridized carbons (Fsp3) is 0.417. The zero-order valence-corrected chi connectivity index (χ0v) is 11.4. The van der Waals surface area contributed by atoms with E-state index in [1.807, 2.05) is 7.05 Å². The topological polar surface area (TPSA) is 44.5 Å². The van der Waals surface area contributed by atoms with Crippen LogP contribution in [0.2, 0.25) is 0 Å². The third kappa shape index (κ3) is 3.37. The first-order chi connectivity index (χ1) is 8.97. The molecule has 7 heteroatoms. The molecule has 1 aromatic rings. The molecule has 0 atom stereocenters. The molecule has 4 nitrogen and oxygen atoms in total. The number of hydrogen-bond acceptors (Lipinski definition) is 4. The number of nitrogens with one attached hydrogen (secondary N) is 1. The van der Waals surface area contributed by atoms with Crippen molar-refractivity contribution in [1.82, 2.24) is 9.91 Å². The Morgan fingerprint density at radius 1 is 1.21 bits per heavy atom. The normalized spacial score (nSPS) is 17.4. The van der Waals surface area contributed by atoms with Crippen LogP contribution < -0.4 is 11.2 Å². The lowest BCUT2D eigenvalue weighted by molar-refractivity contribution is 0.178. The Balaban J connectivity index is 2.14. The second-order valence-electron chi connectivity index (χ2n) is 4.58. The third-order valence-corrected chi connectivity index (χ3v) is 3.34. The minimum atomic E-state index is -0.693. The SMILES string of the molecule is CN1CCN(Nc2c(F)cc(C(N)=S)cc2F)CC1. The van der Waals surface area contributed by atoms with Crippen molar-refractivity contribution in [2.75, 3.05) is 38.7 Å². The summed E-state index contributed by atoms with van der Waals surface area (Å²) in [6.07, 6.45) is 0. The Morgan fingerprint density at radius 3 is 2.21 bits per heavy atom. The van der Waals surface area contributed by atoms with Crippen molar-refractivity contribution >= 4 is 22.9 Å². The molecule has 0 saturated carbocycles. The van der Waals surface area contributed by atoms with E-state index in [4.69, 9.17) is 18.0 Å². The summed E-state index contributed by atoms with van der Waals surface area (Å²) in [5.41, 5.74) is 8.17. The van der Waals surface area contributed by atoms with Crippen LogP contribution in [0.25, 0.3) is 0 Å². The lowest BCUT2D eigenvalue weighted by Crippen LogP contribution is -2.47. The first-order valence-corrected chi connectivity index (χ1v) is 6.37. The molecule has 19 heavy (non-hydrogen) atoms. The van der Waals surface area contributed by atoms with E-state index in [-0.39, 0.29) is 16.2 Å². The predicted molar refractivity (Wildman–Crippen MR) is 74.9 cm³/mol. The molecule has 1 aromatic carbocycles. The summed E-state index contributed by atoms with van der Waals surface area (Å²) in [5, 5.41) is 1.79. The number of anilines is 1. The summed E-state index contributed by atoms with van der Waals surface area (Å²) in [6, 6.07) is 2.29. The smallest absolute Gasteiger partial charge is 0.151 e. The number of thiocarbonyl (C=S) groups is 1. The van der Waals surface area contributed by atoms with Gasteiger partial charge in [-0.05, 0) is 19.2 Å². The fourth-order valence-electron chi connectivity index (χ4n) is 1.90. The third-order valence-electron chi connectivity index (χ3n) is 3.10. The van der Waals surface area contributed by atoms with Gasteiger partial charge in [-0.25, -0.2) is 13.8 Å². The molecule has 1 aliphatic heterocycles. The molecule has 0 radical (unpaired) electrons. The zero-order valence-electron chi connectivity index (χ0n) is 10.6. The van der Waals surface area contributed by atoms with Crippen LogP contribution in [-0.4, -0.2) is 48.1 Å². The summed E-state index contributed by atoms with van der Waals surface area (Å²) in [4.78, 5) is 2.13. The van der Waals surface area contributed by atoms with E-state index in [0.717, 1.165) is 25.2 Å². The molecular weight excluding hydrogens is 270 g/mol. The van der Waals surface area contributed by atoms with Gasteiger partial charge in [0.25, 0.3) is 0 Å². The van der Waals surface area contributed by atoms with Gasteiger partial charge in [0.2, 0.25) is 0 Å². The van der Waals surface area contributed by atoms with Crippen molar-refractivity contribution in [3.63, 3.8) is 0 Å². The second kappa shape index (κ2) is 5.77. The van der Waals surface area contributed by atoms with Gasteiger partial charge >= 0.3 is 0 Å².